The Morgan fingerprint density at radius 3 is 2.75 bits per heavy atom. The van der Waals surface area contributed by atoms with Crippen LogP contribution in [0.15, 0.2) is 24.3 Å². The van der Waals surface area contributed by atoms with Crippen molar-refractivity contribution < 1.29 is 9.84 Å². The summed E-state index contributed by atoms with van der Waals surface area (Å²) >= 11 is 0. The summed E-state index contributed by atoms with van der Waals surface area (Å²) in [5.74, 6) is 1.31. The topological polar surface area (TPSA) is 29.5 Å². The molecule has 2 unspecified atom stereocenters. The van der Waals surface area contributed by atoms with E-state index in [1.165, 1.54) is 36.8 Å². The normalized spacial score (nSPS) is 31.6. The molecule has 2 atom stereocenters. The highest BCUT2D eigenvalue weighted by Gasteiger charge is 2.29. The summed E-state index contributed by atoms with van der Waals surface area (Å²) < 4.78 is 5.93. The number of benzene rings is 1. The number of aliphatic hydroxyl groups is 1. The Kier molecular flexibility index (Phi) is 4.42. The second kappa shape index (κ2) is 6.28. The molecule has 20 heavy (non-hydrogen) atoms. The Morgan fingerprint density at radius 1 is 1.20 bits per heavy atom. The van der Waals surface area contributed by atoms with E-state index in [1.54, 1.807) is 0 Å². The van der Waals surface area contributed by atoms with Crippen molar-refractivity contribution in [2.75, 3.05) is 6.61 Å². The summed E-state index contributed by atoms with van der Waals surface area (Å²) in [6, 6.07) is 8.53. The fourth-order valence-electron chi connectivity index (χ4n) is 3.75. The fourth-order valence-corrected chi connectivity index (χ4v) is 3.75. The Hall–Kier alpha value is -0.860. The molecule has 1 fully saturated rings. The predicted molar refractivity (Wildman–Crippen MR) is 80.6 cm³/mol. The summed E-state index contributed by atoms with van der Waals surface area (Å²) in [5, 5.41) is 10.6. The van der Waals surface area contributed by atoms with E-state index in [9.17, 15) is 5.11 Å². The smallest absolute Gasteiger partial charge is 0.0852 e. The minimum Gasteiger partial charge on any atom is -0.393 e. The maximum absolute atomic E-state index is 10.6. The van der Waals surface area contributed by atoms with Gasteiger partial charge in [-0.2, -0.15) is 0 Å². The first-order valence-electron chi connectivity index (χ1n) is 8.11. The average molecular weight is 274 g/mol. The molecule has 0 amide bonds. The second-order valence-electron chi connectivity index (χ2n) is 6.63. The summed E-state index contributed by atoms with van der Waals surface area (Å²) in [7, 11) is 0. The van der Waals surface area contributed by atoms with Gasteiger partial charge in [-0.15, -0.1) is 0 Å². The first-order chi connectivity index (χ1) is 9.74. The average Bonchev–Trinajstić information content (AvgIpc) is 2.48. The minimum absolute atomic E-state index is 0.0919. The highest BCUT2D eigenvalue weighted by Crippen LogP contribution is 2.36. The number of ether oxygens (including phenoxy) is 1. The zero-order chi connectivity index (χ0) is 13.9. The molecule has 0 radical (unpaired) electrons. The number of hydrogen-bond donors (Lipinski definition) is 1. The molecule has 0 spiro atoms. The fraction of sp³-hybridized carbons (Fsp3) is 0.667. The summed E-state index contributed by atoms with van der Waals surface area (Å²) in [6.07, 6.45) is 6.54. The van der Waals surface area contributed by atoms with E-state index in [0.717, 1.165) is 25.4 Å². The molecule has 110 valence electrons. The van der Waals surface area contributed by atoms with Crippen molar-refractivity contribution in [3.8, 4) is 0 Å². The summed E-state index contributed by atoms with van der Waals surface area (Å²) in [5.41, 5.74) is 2.69. The van der Waals surface area contributed by atoms with Gasteiger partial charge in [0.05, 0.1) is 18.8 Å². The zero-order valence-corrected chi connectivity index (χ0v) is 12.4. The van der Waals surface area contributed by atoms with E-state index in [4.69, 9.17) is 4.74 Å². The third-order valence-electron chi connectivity index (χ3n) is 5.15. The molecule has 0 aromatic heterocycles. The van der Waals surface area contributed by atoms with Crippen LogP contribution < -0.4 is 0 Å². The Balaban J connectivity index is 1.63. The lowest BCUT2D eigenvalue weighted by atomic mass is 9.78. The lowest BCUT2D eigenvalue weighted by molar-refractivity contribution is -0.0189. The molecule has 0 saturated heterocycles. The first-order valence-corrected chi connectivity index (χ1v) is 8.11. The highest BCUT2D eigenvalue weighted by atomic mass is 16.5. The standard InChI is InChI=1S/C18H26O2/c1-13-6-8-15(9-7-13)17(19)12-18-16-5-3-2-4-14(16)10-11-20-18/h2-5,13,15,17-19H,6-12H2,1H3. The molecule has 1 aromatic carbocycles. The van der Waals surface area contributed by atoms with Crippen molar-refractivity contribution in [1.82, 2.24) is 0 Å². The van der Waals surface area contributed by atoms with Gasteiger partial charge in [-0.05, 0) is 42.2 Å². The molecular weight excluding hydrogens is 248 g/mol. The Labute approximate surface area is 122 Å². The van der Waals surface area contributed by atoms with E-state index in [2.05, 4.69) is 31.2 Å². The number of aliphatic hydroxyl groups excluding tert-OH is 1. The maximum Gasteiger partial charge on any atom is 0.0852 e. The molecule has 1 aliphatic heterocycles. The van der Waals surface area contributed by atoms with E-state index in [-0.39, 0.29) is 12.2 Å². The molecule has 3 rings (SSSR count). The van der Waals surface area contributed by atoms with Crippen LogP contribution in [0.25, 0.3) is 0 Å². The molecular formula is C18H26O2. The first kappa shape index (κ1) is 14.1. The quantitative estimate of drug-likeness (QED) is 0.906. The number of fused-ring (bicyclic) bond motifs is 1. The molecule has 2 heteroatoms. The van der Waals surface area contributed by atoms with Crippen molar-refractivity contribution in [2.45, 2.75) is 57.7 Å². The van der Waals surface area contributed by atoms with Gasteiger partial charge in [0.2, 0.25) is 0 Å². The van der Waals surface area contributed by atoms with E-state index < -0.39 is 0 Å². The molecule has 1 heterocycles. The van der Waals surface area contributed by atoms with Gasteiger partial charge in [0, 0.05) is 6.42 Å². The van der Waals surface area contributed by atoms with Crippen LogP contribution in [0.2, 0.25) is 0 Å². The monoisotopic (exact) mass is 274 g/mol. The van der Waals surface area contributed by atoms with E-state index in [1.807, 2.05) is 0 Å². The number of rotatable bonds is 3. The molecule has 1 N–H and O–H groups in total. The van der Waals surface area contributed by atoms with Gasteiger partial charge in [-0.3, -0.25) is 0 Å². The van der Waals surface area contributed by atoms with Crippen LogP contribution in [0.1, 0.15) is 56.3 Å². The van der Waals surface area contributed by atoms with Gasteiger partial charge >= 0.3 is 0 Å². The van der Waals surface area contributed by atoms with Crippen LogP contribution in [-0.2, 0) is 11.2 Å². The SMILES string of the molecule is CC1CCC(C(O)CC2OCCc3ccccc32)CC1. The minimum atomic E-state index is -0.210. The van der Waals surface area contributed by atoms with E-state index in [0.29, 0.717) is 5.92 Å². The van der Waals surface area contributed by atoms with Gasteiger partial charge in [0.1, 0.15) is 0 Å². The summed E-state index contributed by atoms with van der Waals surface area (Å²) in [6.45, 7) is 3.11. The van der Waals surface area contributed by atoms with Crippen LogP contribution in [0.3, 0.4) is 0 Å². The van der Waals surface area contributed by atoms with Crippen molar-refractivity contribution in [2.24, 2.45) is 11.8 Å². The van der Waals surface area contributed by atoms with Crippen LogP contribution in [0.5, 0.6) is 0 Å². The largest absolute Gasteiger partial charge is 0.393 e. The van der Waals surface area contributed by atoms with Gasteiger partial charge in [-0.25, -0.2) is 0 Å². The predicted octanol–water partition coefficient (Wildman–Crippen LogP) is 3.88. The lowest BCUT2D eigenvalue weighted by Gasteiger charge is -2.33. The van der Waals surface area contributed by atoms with Crippen molar-refractivity contribution >= 4 is 0 Å². The van der Waals surface area contributed by atoms with Gasteiger partial charge in [0.25, 0.3) is 0 Å². The third-order valence-corrected chi connectivity index (χ3v) is 5.15. The summed E-state index contributed by atoms with van der Waals surface area (Å²) in [4.78, 5) is 0. The van der Waals surface area contributed by atoms with Crippen molar-refractivity contribution in [3.63, 3.8) is 0 Å². The van der Waals surface area contributed by atoms with Crippen LogP contribution in [0, 0.1) is 11.8 Å². The number of hydrogen-bond acceptors (Lipinski definition) is 2. The van der Waals surface area contributed by atoms with Gasteiger partial charge in [-0.1, -0.05) is 44.0 Å². The molecule has 1 saturated carbocycles. The maximum atomic E-state index is 10.6. The van der Waals surface area contributed by atoms with E-state index >= 15 is 0 Å². The van der Waals surface area contributed by atoms with Crippen molar-refractivity contribution in [1.29, 1.82) is 0 Å². The molecule has 1 aromatic rings. The Bertz CT molecular complexity index is 435. The lowest BCUT2D eigenvalue weighted by Crippen LogP contribution is -2.29. The molecule has 0 bridgehead atoms. The highest BCUT2D eigenvalue weighted by molar-refractivity contribution is 5.30. The van der Waals surface area contributed by atoms with Crippen LogP contribution in [-0.4, -0.2) is 17.8 Å². The molecule has 2 nitrogen and oxygen atoms in total. The Morgan fingerprint density at radius 2 is 1.95 bits per heavy atom. The second-order valence-corrected chi connectivity index (χ2v) is 6.63. The van der Waals surface area contributed by atoms with Gasteiger partial charge < -0.3 is 9.84 Å². The van der Waals surface area contributed by atoms with Gasteiger partial charge in [0.15, 0.2) is 0 Å². The third kappa shape index (κ3) is 3.07. The zero-order valence-electron chi connectivity index (χ0n) is 12.4. The van der Waals surface area contributed by atoms with Crippen molar-refractivity contribution in [3.05, 3.63) is 35.4 Å². The van der Waals surface area contributed by atoms with Crippen LogP contribution in [0.4, 0.5) is 0 Å². The molecule has 2 aliphatic rings. The van der Waals surface area contributed by atoms with Crippen LogP contribution >= 0.6 is 0 Å². The molecule has 1 aliphatic carbocycles.